The van der Waals surface area contributed by atoms with E-state index < -0.39 is 0 Å². The van der Waals surface area contributed by atoms with Gasteiger partial charge in [-0.2, -0.15) is 0 Å². The highest BCUT2D eigenvalue weighted by atomic mass is 35.5. The van der Waals surface area contributed by atoms with E-state index in [-0.39, 0.29) is 0 Å². The maximum atomic E-state index is 10.1. The molecule has 1 aromatic rings. The van der Waals surface area contributed by atoms with Gasteiger partial charge in [-0.25, -0.2) is 0 Å². The van der Waals surface area contributed by atoms with Crippen molar-refractivity contribution in [3.05, 3.63) is 29.3 Å². The lowest BCUT2D eigenvalue weighted by Crippen LogP contribution is -2.32. The van der Waals surface area contributed by atoms with Crippen LogP contribution < -0.4 is 10.4 Å². The van der Waals surface area contributed by atoms with Gasteiger partial charge in [0.15, 0.2) is 0 Å². The average molecular weight is 185 g/mol. The Hall–Kier alpha value is -1.22. The largest absolute Gasteiger partial charge is 0.289 e. The third-order valence-electron chi connectivity index (χ3n) is 1.46. The van der Waals surface area contributed by atoms with Gasteiger partial charge >= 0.3 is 0 Å². The molecule has 0 aliphatic rings. The maximum absolute atomic E-state index is 10.1. The molecule has 0 aliphatic carbocycles. The van der Waals surface area contributed by atoms with E-state index in [1.807, 2.05) is 12.1 Å². The van der Waals surface area contributed by atoms with Crippen molar-refractivity contribution >= 4 is 23.7 Å². The topological polar surface area (TPSA) is 32.3 Å². The summed E-state index contributed by atoms with van der Waals surface area (Å²) in [5.74, 6) is 0. The van der Waals surface area contributed by atoms with Gasteiger partial charge in [0, 0.05) is 12.1 Å². The lowest BCUT2D eigenvalue weighted by atomic mass is 10.3. The monoisotopic (exact) mass is 184 g/mol. The number of amides is 1. The highest BCUT2D eigenvalue weighted by Gasteiger charge is 1.96. The van der Waals surface area contributed by atoms with Crippen molar-refractivity contribution in [2.75, 3.05) is 12.1 Å². The first-order valence-electron chi connectivity index (χ1n) is 3.43. The fraction of sp³-hybridized carbons (Fsp3) is 0.125. The number of nitrogens with one attached hydrogen (secondary N) is 1. The molecule has 0 unspecified atom stereocenters. The van der Waals surface area contributed by atoms with Crippen LogP contribution in [0.15, 0.2) is 24.3 Å². The number of hydrazine groups is 1. The summed E-state index contributed by atoms with van der Waals surface area (Å²) in [6.07, 6.45) is 0.620. The Balaban J connectivity index is 2.74. The van der Waals surface area contributed by atoms with E-state index in [9.17, 15) is 4.79 Å². The number of rotatable bonds is 3. The molecular formula is C8H9ClN2O. The molecule has 0 fully saturated rings. The second-order valence-corrected chi connectivity index (χ2v) is 2.72. The lowest BCUT2D eigenvalue weighted by Gasteiger charge is -2.16. The van der Waals surface area contributed by atoms with Crippen LogP contribution in [0.5, 0.6) is 0 Å². The van der Waals surface area contributed by atoms with Gasteiger partial charge in [-0.05, 0) is 24.3 Å². The van der Waals surface area contributed by atoms with Crippen molar-refractivity contribution in [1.29, 1.82) is 0 Å². The van der Waals surface area contributed by atoms with Gasteiger partial charge in [-0.15, -0.1) is 0 Å². The normalized spacial score (nSPS) is 9.17. The molecule has 0 aromatic heterocycles. The summed E-state index contributed by atoms with van der Waals surface area (Å²) < 4.78 is 0. The number of halogens is 1. The summed E-state index contributed by atoms with van der Waals surface area (Å²) in [7, 11) is 1.75. The van der Waals surface area contributed by atoms with Crippen LogP contribution in [0.3, 0.4) is 0 Å². The standard InChI is InChI=1S/C8H9ClN2O/c1-11(10-6-12)8-4-2-7(9)3-5-8/h2-6H,1H3,(H,10,12). The van der Waals surface area contributed by atoms with E-state index in [1.165, 1.54) is 0 Å². The van der Waals surface area contributed by atoms with Crippen LogP contribution in [0.25, 0.3) is 0 Å². The van der Waals surface area contributed by atoms with Crippen molar-refractivity contribution in [3.63, 3.8) is 0 Å². The summed E-state index contributed by atoms with van der Waals surface area (Å²) in [5, 5.41) is 2.28. The molecule has 1 aromatic carbocycles. The second-order valence-electron chi connectivity index (χ2n) is 2.28. The zero-order valence-electron chi connectivity index (χ0n) is 6.62. The van der Waals surface area contributed by atoms with E-state index in [1.54, 1.807) is 24.2 Å². The number of carbonyl (C=O) groups excluding carboxylic acids is 1. The van der Waals surface area contributed by atoms with E-state index in [0.717, 1.165) is 5.69 Å². The molecular weight excluding hydrogens is 176 g/mol. The lowest BCUT2D eigenvalue weighted by molar-refractivity contribution is -0.109. The zero-order valence-corrected chi connectivity index (χ0v) is 7.38. The summed E-state index contributed by atoms with van der Waals surface area (Å²) >= 11 is 5.68. The highest BCUT2D eigenvalue weighted by Crippen LogP contribution is 2.14. The van der Waals surface area contributed by atoms with Crippen LogP contribution in [-0.2, 0) is 4.79 Å². The predicted molar refractivity (Wildman–Crippen MR) is 49.1 cm³/mol. The van der Waals surface area contributed by atoms with Gasteiger partial charge in [0.1, 0.15) is 0 Å². The molecule has 1 N–H and O–H groups in total. The first kappa shape index (κ1) is 8.87. The molecule has 0 spiro atoms. The number of carbonyl (C=O) groups is 1. The van der Waals surface area contributed by atoms with E-state index in [2.05, 4.69) is 5.43 Å². The fourth-order valence-electron chi connectivity index (χ4n) is 0.818. The van der Waals surface area contributed by atoms with Gasteiger partial charge in [0.25, 0.3) is 0 Å². The van der Waals surface area contributed by atoms with Crippen molar-refractivity contribution in [2.45, 2.75) is 0 Å². The van der Waals surface area contributed by atoms with Crippen molar-refractivity contribution in [2.24, 2.45) is 0 Å². The molecule has 0 atom stereocenters. The minimum Gasteiger partial charge on any atom is -0.289 e. The molecule has 0 radical (unpaired) electrons. The van der Waals surface area contributed by atoms with Gasteiger partial charge in [-0.1, -0.05) is 11.6 Å². The van der Waals surface area contributed by atoms with Crippen molar-refractivity contribution in [3.8, 4) is 0 Å². The minimum absolute atomic E-state index is 0.620. The predicted octanol–water partition coefficient (Wildman–Crippen LogP) is 1.44. The Labute approximate surface area is 75.9 Å². The van der Waals surface area contributed by atoms with Crippen molar-refractivity contribution < 1.29 is 4.79 Å². The quantitative estimate of drug-likeness (QED) is 0.570. The summed E-state index contributed by atoms with van der Waals surface area (Å²) in [6, 6.07) is 7.16. The molecule has 4 heteroatoms. The summed E-state index contributed by atoms with van der Waals surface area (Å²) in [6.45, 7) is 0. The molecule has 0 saturated heterocycles. The van der Waals surface area contributed by atoms with Crippen LogP contribution >= 0.6 is 11.6 Å². The number of benzene rings is 1. The third-order valence-corrected chi connectivity index (χ3v) is 1.71. The second kappa shape index (κ2) is 3.97. The van der Waals surface area contributed by atoms with Crippen LogP contribution in [0, 0.1) is 0 Å². The van der Waals surface area contributed by atoms with Crippen LogP contribution in [0.1, 0.15) is 0 Å². The molecule has 0 heterocycles. The molecule has 1 rings (SSSR count). The van der Waals surface area contributed by atoms with Crippen molar-refractivity contribution in [1.82, 2.24) is 5.43 Å². The number of hydrogen-bond donors (Lipinski definition) is 1. The minimum atomic E-state index is 0.620. The van der Waals surface area contributed by atoms with Gasteiger partial charge in [0.05, 0.1) is 5.69 Å². The number of hydrogen-bond acceptors (Lipinski definition) is 2. The smallest absolute Gasteiger partial charge is 0.225 e. The van der Waals surface area contributed by atoms with Crippen LogP contribution in [0.2, 0.25) is 5.02 Å². The Kier molecular flexibility index (Phi) is 2.94. The van der Waals surface area contributed by atoms with E-state index >= 15 is 0 Å². The third kappa shape index (κ3) is 2.13. The maximum Gasteiger partial charge on any atom is 0.225 e. The fourth-order valence-corrected chi connectivity index (χ4v) is 0.944. The first-order valence-corrected chi connectivity index (χ1v) is 3.81. The summed E-state index contributed by atoms with van der Waals surface area (Å²) in [4.78, 5) is 10.1. The molecule has 0 saturated carbocycles. The van der Waals surface area contributed by atoms with Crippen LogP contribution in [0.4, 0.5) is 5.69 Å². The van der Waals surface area contributed by atoms with Gasteiger partial charge in [0.2, 0.25) is 6.41 Å². The Bertz CT molecular complexity index is 260. The zero-order chi connectivity index (χ0) is 8.97. The van der Waals surface area contributed by atoms with E-state index in [4.69, 9.17) is 11.6 Å². The molecule has 0 bridgehead atoms. The summed E-state index contributed by atoms with van der Waals surface area (Å²) in [5.41, 5.74) is 3.37. The Morgan fingerprint density at radius 1 is 1.42 bits per heavy atom. The van der Waals surface area contributed by atoms with Crippen LogP contribution in [-0.4, -0.2) is 13.5 Å². The first-order chi connectivity index (χ1) is 5.74. The SMILES string of the molecule is CN(NC=O)c1ccc(Cl)cc1. The number of nitrogens with zero attached hydrogens (tertiary/aromatic N) is 1. The molecule has 3 nitrogen and oxygen atoms in total. The average Bonchev–Trinajstić information content (AvgIpc) is 2.06. The Morgan fingerprint density at radius 3 is 2.50 bits per heavy atom. The molecule has 12 heavy (non-hydrogen) atoms. The highest BCUT2D eigenvalue weighted by molar-refractivity contribution is 6.30. The number of anilines is 1. The molecule has 0 aliphatic heterocycles. The van der Waals surface area contributed by atoms with Gasteiger partial charge in [-0.3, -0.25) is 15.2 Å². The Morgan fingerprint density at radius 2 is 2.00 bits per heavy atom. The molecule has 64 valence electrons. The van der Waals surface area contributed by atoms with E-state index in [0.29, 0.717) is 11.4 Å². The van der Waals surface area contributed by atoms with Gasteiger partial charge < -0.3 is 0 Å². The molecule has 1 amide bonds.